The molecular formula is C24H19F4N3O3. The van der Waals surface area contributed by atoms with Crippen molar-refractivity contribution in [3.8, 4) is 0 Å². The van der Waals surface area contributed by atoms with E-state index >= 15 is 0 Å². The summed E-state index contributed by atoms with van der Waals surface area (Å²) in [5.74, 6) is -1.86. The zero-order valence-electron chi connectivity index (χ0n) is 17.6. The third-order valence-corrected chi connectivity index (χ3v) is 4.68. The second-order valence-electron chi connectivity index (χ2n) is 7.13. The molecule has 0 spiro atoms. The molecule has 0 fully saturated rings. The molecule has 3 rings (SSSR count). The van der Waals surface area contributed by atoms with Gasteiger partial charge in [-0.25, -0.2) is 4.39 Å². The number of hydrogen-bond acceptors (Lipinski definition) is 3. The quantitative estimate of drug-likeness (QED) is 0.354. The number of amides is 3. The van der Waals surface area contributed by atoms with Crippen LogP contribution in [0.1, 0.15) is 36.6 Å². The minimum atomic E-state index is -4.48. The molecule has 0 unspecified atom stereocenters. The van der Waals surface area contributed by atoms with Crippen molar-refractivity contribution < 1.29 is 31.9 Å². The summed E-state index contributed by atoms with van der Waals surface area (Å²) in [5.41, 5.74) is 0.250. The van der Waals surface area contributed by atoms with Crippen LogP contribution in [0, 0.1) is 5.82 Å². The molecular weight excluding hydrogens is 454 g/mol. The van der Waals surface area contributed by atoms with Crippen molar-refractivity contribution in [3.05, 3.63) is 101 Å². The monoisotopic (exact) mass is 473 g/mol. The predicted molar refractivity (Wildman–Crippen MR) is 117 cm³/mol. The molecule has 0 aliphatic rings. The van der Waals surface area contributed by atoms with Crippen LogP contribution in [0.25, 0.3) is 0 Å². The highest BCUT2D eigenvalue weighted by Crippen LogP contribution is 2.29. The molecule has 0 radical (unpaired) electrons. The maximum absolute atomic E-state index is 13.0. The first kappa shape index (κ1) is 24.4. The minimum Gasteiger partial charge on any atom is -0.350 e. The van der Waals surface area contributed by atoms with Crippen LogP contribution in [0.4, 0.5) is 23.2 Å². The predicted octanol–water partition coefficient (Wildman–Crippen LogP) is 4.26. The first-order chi connectivity index (χ1) is 16.1. The third kappa shape index (κ3) is 6.64. The molecule has 3 aromatic carbocycles. The molecule has 6 nitrogen and oxygen atoms in total. The van der Waals surface area contributed by atoms with Gasteiger partial charge in [-0.2, -0.15) is 13.2 Å². The zero-order chi connectivity index (χ0) is 24.7. The normalized spacial score (nSPS) is 10.9. The van der Waals surface area contributed by atoms with Crippen molar-refractivity contribution in [2.45, 2.75) is 6.18 Å². The first-order valence-corrected chi connectivity index (χ1v) is 10.0. The third-order valence-electron chi connectivity index (χ3n) is 4.68. The Morgan fingerprint density at radius 3 is 1.50 bits per heavy atom. The maximum Gasteiger partial charge on any atom is 0.416 e. The van der Waals surface area contributed by atoms with Crippen molar-refractivity contribution in [1.29, 1.82) is 0 Å². The van der Waals surface area contributed by atoms with Gasteiger partial charge >= 0.3 is 6.18 Å². The van der Waals surface area contributed by atoms with E-state index in [0.717, 1.165) is 24.3 Å². The van der Waals surface area contributed by atoms with Gasteiger partial charge in [0.15, 0.2) is 0 Å². The molecule has 34 heavy (non-hydrogen) atoms. The Morgan fingerprint density at radius 2 is 1.03 bits per heavy atom. The van der Waals surface area contributed by atoms with Crippen molar-refractivity contribution in [1.82, 2.24) is 10.6 Å². The zero-order valence-corrected chi connectivity index (χ0v) is 17.6. The fourth-order valence-electron chi connectivity index (χ4n) is 2.88. The van der Waals surface area contributed by atoms with E-state index in [1.807, 2.05) is 0 Å². The first-order valence-electron chi connectivity index (χ1n) is 10.0. The summed E-state index contributed by atoms with van der Waals surface area (Å²) >= 11 is 0. The Kier molecular flexibility index (Phi) is 7.62. The standard InChI is InChI=1S/C24H19F4N3O3/c25-19-9-3-17(4-10-19)23(34)31-20-11-5-16(6-12-20)22(33)30-14-13-29-21(32)15-1-7-18(8-2-15)24(26,27)28/h1-12H,13-14H2,(H,29,32)(H,30,33)(H,31,34). The Hall–Kier alpha value is -4.21. The lowest BCUT2D eigenvalue weighted by molar-refractivity contribution is -0.137. The number of hydrogen-bond donors (Lipinski definition) is 3. The van der Waals surface area contributed by atoms with E-state index in [9.17, 15) is 31.9 Å². The highest BCUT2D eigenvalue weighted by Gasteiger charge is 2.30. The van der Waals surface area contributed by atoms with Crippen LogP contribution in [0.5, 0.6) is 0 Å². The van der Waals surface area contributed by atoms with Gasteiger partial charge < -0.3 is 16.0 Å². The number of anilines is 1. The van der Waals surface area contributed by atoms with Crippen LogP contribution in [-0.4, -0.2) is 30.8 Å². The van der Waals surface area contributed by atoms with Crippen LogP contribution in [0.3, 0.4) is 0 Å². The van der Waals surface area contributed by atoms with Gasteiger partial charge in [-0.1, -0.05) is 0 Å². The van der Waals surface area contributed by atoms with Crippen LogP contribution >= 0.6 is 0 Å². The second-order valence-corrected chi connectivity index (χ2v) is 7.13. The van der Waals surface area contributed by atoms with Crippen molar-refractivity contribution in [3.63, 3.8) is 0 Å². The lowest BCUT2D eigenvalue weighted by atomic mass is 10.1. The molecule has 176 valence electrons. The Morgan fingerprint density at radius 1 is 0.618 bits per heavy atom. The van der Waals surface area contributed by atoms with Gasteiger partial charge in [0.05, 0.1) is 5.56 Å². The molecule has 10 heteroatoms. The summed E-state index contributed by atoms with van der Waals surface area (Å²) in [6.45, 7) is 0.158. The fraction of sp³-hybridized carbons (Fsp3) is 0.125. The number of carbonyl (C=O) groups is 3. The molecule has 0 aliphatic heterocycles. The van der Waals surface area contributed by atoms with Gasteiger partial charge in [0.2, 0.25) is 0 Å². The number of nitrogens with one attached hydrogen (secondary N) is 3. The van der Waals surface area contributed by atoms with E-state index < -0.39 is 35.3 Å². The highest BCUT2D eigenvalue weighted by atomic mass is 19.4. The maximum atomic E-state index is 13.0. The smallest absolute Gasteiger partial charge is 0.350 e. The van der Waals surface area contributed by atoms with Gasteiger partial charge in [0, 0.05) is 35.5 Å². The summed E-state index contributed by atoms with van der Waals surface area (Å²) in [6, 6.07) is 14.9. The molecule has 0 saturated carbocycles. The molecule has 3 N–H and O–H groups in total. The number of alkyl halides is 3. The van der Waals surface area contributed by atoms with Gasteiger partial charge in [0.25, 0.3) is 17.7 Å². The molecule has 0 atom stereocenters. The van der Waals surface area contributed by atoms with Crippen molar-refractivity contribution >= 4 is 23.4 Å². The van der Waals surface area contributed by atoms with E-state index in [2.05, 4.69) is 16.0 Å². The van der Waals surface area contributed by atoms with E-state index in [0.29, 0.717) is 11.3 Å². The van der Waals surface area contributed by atoms with Crippen LogP contribution < -0.4 is 16.0 Å². The summed E-state index contributed by atoms with van der Waals surface area (Å²) < 4.78 is 50.7. The van der Waals surface area contributed by atoms with Gasteiger partial charge in [-0.3, -0.25) is 14.4 Å². The van der Waals surface area contributed by atoms with Crippen molar-refractivity contribution in [2.75, 3.05) is 18.4 Å². The summed E-state index contributed by atoms with van der Waals surface area (Å²) in [7, 11) is 0. The number of benzene rings is 3. The molecule has 0 aromatic heterocycles. The highest BCUT2D eigenvalue weighted by molar-refractivity contribution is 6.04. The largest absolute Gasteiger partial charge is 0.416 e. The fourth-order valence-corrected chi connectivity index (χ4v) is 2.88. The Bertz CT molecular complexity index is 1160. The van der Waals surface area contributed by atoms with Crippen LogP contribution in [0.15, 0.2) is 72.8 Å². The number of halogens is 4. The van der Waals surface area contributed by atoms with Gasteiger partial charge in [-0.15, -0.1) is 0 Å². The van der Waals surface area contributed by atoms with E-state index in [1.54, 1.807) is 0 Å². The summed E-state index contributed by atoms with van der Waals surface area (Å²) in [5, 5.41) is 7.74. The summed E-state index contributed by atoms with van der Waals surface area (Å²) in [6.07, 6.45) is -4.48. The van der Waals surface area contributed by atoms with E-state index in [4.69, 9.17) is 0 Å². The SMILES string of the molecule is O=C(NCCNC(=O)c1ccc(C(F)(F)F)cc1)c1ccc(NC(=O)c2ccc(F)cc2)cc1. The van der Waals surface area contributed by atoms with Gasteiger partial charge in [0.1, 0.15) is 5.82 Å². The average Bonchev–Trinajstić information content (AvgIpc) is 2.82. The lowest BCUT2D eigenvalue weighted by Gasteiger charge is -2.10. The minimum absolute atomic E-state index is 0.0669. The molecule has 0 aliphatic carbocycles. The molecule has 3 amide bonds. The van der Waals surface area contributed by atoms with E-state index in [1.165, 1.54) is 48.5 Å². The number of carbonyl (C=O) groups excluding carboxylic acids is 3. The second kappa shape index (κ2) is 10.6. The molecule has 0 bridgehead atoms. The molecule has 3 aromatic rings. The molecule has 0 heterocycles. The molecule has 0 saturated heterocycles. The van der Waals surface area contributed by atoms with Crippen molar-refractivity contribution in [2.24, 2.45) is 0 Å². The van der Waals surface area contributed by atoms with Crippen LogP contribution in [-0.2, 0) is 6.18 Å². The summed E-state index contributed by atoms with van der Waals surface area (Å²) in [4.78, 5) is 36.4. The number of rotatable bonds is 7. The van der Waals surface area contributed by atoms with Gasteiger partial charge in [-0.05, 0) is 72.8 Å². The Labute approximate surface area is 192 Å². The lowest BCUT2D eigenvalue weighted by Crippen LogP contribution is -2.34. The van der Waals surface area contributed by atoms with E-state index in [-0.39, 0.29) is 24.2 Å². The van der Waals surface area contributed by atoms with Crippen LogP contribution in [0.2, 0.25) is 0 Å². The Balaban J connectivity index is 1.43. The average molecular weight is 473 g/mol. The topological polar surface area (TPSA) is 87.3 Å².